The van der Waals surface area contributed by atoms with Crippen LogP contribution in [0.2, 0.25) is 0 Å². The number of hydrogen-bond donors (Lipinski definition) is 3. The Morgan fingerprint density at radius 3 is 3.07 bits per heavy atom. The molecule has 0 saturated heterocycles. The standard InChI is InChI=1S/C8H15ClN6/c1-5-2-3-15(14-5)8-12-6(4-9)11-7(10)13-8/h6,8,12H,2-4H2,1H3,(H3,10,11,13). The minimum atomic E-state index is -0.201. The minimum absolute atomic E-state index is 0.0507. The Labute approximate surface area is 93.5 Å². The van der Waals surface area contributed by atoms with Crippen LogP contribution in [0, 0.1) is 0 Å². The molecule has 0 amide bonds. The van der Waals surface area contributed by atoms with E-state index in [0.717, 1.165) is 18.7 Å². The van der Waals surface area contributed by atoms with E-state index in [1.54, 1.807) is 0 Å². The highest BCUT2D eigenvalue weighted by Crippen LogP contribution is 2.11. The second kappa shape index (κ2) is 4.24. The monoisotopic (exact) mass is 230 g/mol. The van der Waals surface area contributed by atoms with Gasteiger partial charge in [-0.05, 0) is 6.92 Å². The number of halogens is 1. The maximum atomic E-state index is 5.76. The van der Waals surface area contributed by atoms with E-state index in [1.807, 2.05) is 11.9 Å². The van der Waals surface area contributed by atoms with Crippen LogP contribution in [0.15, 0.2) is 10.1 Å². The number of alkyl halides is 1. The minimum Gasteiger partial charge on any atom is -0.370 e. The van der Waals surface area contributed by atoms with Gasteiger partial charge in [0.05, 0.1) is 12.0 Å². The first-order valence-electron chi connectivity index (χ1n) is 4.91. The highest BCUT2D eigenvalue weighted by molar-refractivity contribution is 6.18. The third-order valence-corrected chi connectivity index (χ3v) is 2.68. The Balaban J connectivity index is 2.06. The Morgan fingerprint density at radius 2 is 2.47 bits per heavy atom. The van der Waals surface area contributed by atoms with Gasteiger partial charge in [-0.2, -0.15) is 5.10 Å². The zero-order chi connectivity index (χ0) is 10.8. The van der Waals surface area contributed by atoms with Crippen LogP contribution in [0.1, 0.15) is 13.3 Å². The van der Waals surface area contributed by atoms with Crippen molar-refractivity contribution in [1.29, 1.82) is 0 Å². The second-order valence-corrected chi connectivity index (χ2v) is 3.96. The van der Waals surface area contributed by atoms with Gasteiger partial charge in [0.15, 0.2) is 12.2 Å². The van der Waals surface area contributed by atoms with Crippen LogP contribution in [0.4, 0.5) is 0 Å². The molecule has 0 aliphatic carbocycles. The summed E-state index contributed by atoms with van der Waals surface area (Å²) in [7, 11) is 0. The molecule has 0 saturated carbocycles. The van der Waals surface area contributed by atoms with Crippen LogP contribution in [-0.4, -0.2) is 41.6 Å². The Hall–Kier alpha value is -1.01. The number of hydrogen-bond acceptors (Lipinski definition) is 6. The first kappa shape index (κ1) is 10.5. The van der Waals surface area contributed by atoms with Gasteiger partial charge in [-0.3, -0.25) is 10.3 Å². The average Bonchev–Trinajstić information content (AvgIpc) is 2.64. The lowest BCUT2D eigenvalue weighted by atomic mass is 10.3. The summed E-state index contributed by atoms with van der Waals surface area (Å²) in [5, 5.41) is 12.4. The molecule has 0 spiro atoms. The smallest absolute Gasteiger partial charge is 0.196 e. The third kappa shape index (κ3) is 2.32. The molecule has 2 aliphatic rings. The Bertz CT molecular complexity index is 302. The molecule has 84 valence electrons. The molecule has 7 heteroatoms. The van der Waals surface area contributed by atoms with E-state index < -0.39 is 0 Å². The van der Waals surface area contributed by atoms with Crippen molar-refractivity contribution in [2.24, 2.45) is 15.8 Å². The Kier molecular flexibility index (Phi) is 2.97. The lowest BCUT2D eigenvalue weighted by Crippen LogP contribution is -2.60. The first-order valence-corrected chi connectivity index (χ1v) is 5.45. The summed E-state index contributed by atoms with van der Waals surface area (Å²) in [4.78, 5) is 4.23. The fraction of sp³-hybridized carbons (Fsp3) is 0.750. The molecule has 2 heterocycles. The van der Waals surface area contributed by atoms with Crippen LogP contribution >= 0.6 is 11.6 Å². The summed E-state index contributed by atoms with van der Waals surface area (Å²) >= 11 is 5.76. The number of nitrogens with one attached hydrogen (secondary N) is 2. The van der Waals surface area contributed by atoms with Crippen molar-refractivity contribution in [2.75, 3.05) is 12.4 Å². The largest absolute Gasteiger partial charge is 0.370 e. The molecular weight excluding hydrogens is 216 g/mol. The van der Waals surface area contributed by atoms with E-state index in [9.17, 15) is 0 Å². The zero-order valence-electron chi connectivity index (χ0n) is 8.57. The van der Waals surface area contributed by atoms with Gasteiger partial charge in [0.25, 0.3) is 0 Å². The second-order valence-electron chi connectivity index (χ2n) is 3.65. The van der Waals surface area contributed by atoms with E-state index >= 15 is 0 Å². The molecule has 2 unspecified atom stereocenters. The molecule has 0 fully saturated rings. The van der Waals surface area contributed by atoms with Crippen molar-refractivity contribution >= 4 is 23.3 Å². The van der Waals surface area contributed by atoms with Crippen LogP contribution in [0.25, 0.3) is 0 Å². The lowest BCUT2D eigenvalue weighted by molar-refractivity contribution is 0.171. The molecule has 15 heavy (non-hydrogen) atoms. The molecule has 0 aromatic carbocycles. The van der Waals surface area contributed by atoms with Gasteiger partial charge in [-0.25, -0.2) is 4.99 Å². The number of aliphatic imine (C=N–C) groups is 1. The molecule has 6 nitrogen and oxygen atoms in total. The highest BCUT2D eigenvalue weighted by Gasteiger charge is 2.26. The molecule has 2 atom stereocenters. The summed E-state index contributed by atoms with van der Waals surface area (Å²) in [5.74, 6) is 0.840. The molecule has 0 aromatic rings. The number of nitrogens with two attached hydrogens (primary N) is 1. The molecule has 0 bridgehead atoms. The quantitative estimate of drug-likeness (QED) is 0.555. The summed E-state index contributed by atoms with van der Waals surface area (Å²) in [6.07, 6.45) is 0.727. The highest BCUT2D eigenvalue weighted by atomic mass is 35.5. The van der Waals surface area contributed by atoms with Crippen molar-refractivity contribution in [2.45, 2.75) is 25.8 Å². The van der Waals surface area contributed by atoms with E-state index in [-0.39, 0.29) is 12.5 Å². The predicted molar refractivity (Wildman–Crippen MR) is 60.6 cm³/mol. The first-order chi connectivity index (χ1) is 7.19. The van der Waals surface area contributed by atoms with Crippen molar-refractivity contribution < 1.29 is 0 Å². The van der Waals surface area contributed by atoms with E-state index in [2.05, 4.69) is 20.7 Å². The van der Waals surface area contributed by atoms with Crippen LogP contribution in [0.5, 0.6) is 0 Å². The Morgan fingerprint density at radius 1 is 1.67 bits per heavy atom. The lowest BCUT2D eigenvalue weighted by Gasteiger charge is -2.32. The summed E-state index contributed by atoms with van der Waals surface area (Å²) in [6.45, 7) is 2.88. The molecule has 0 aromatic heterocycles. The van der Waals surface area contributed by atoms with Gasteiger partial charge in [-0.1, -0.05) is 0 Å². The molecular formula is C8H15ClN6. The van der Waals surface area contributed by atoms with Gasteiger partial charge in [0.2, 0.25) is 0 Å². The van der Waals surface area contributed by atoms with Crippen LogP contribution in [-0.2, 0) is 0 Å². The van der Waals surface area contributed by atoms with Gasteiger partial charge in [-0.15, -0.1) is 11.6 Å². The predicted octanol–water partition coefficient (Wildman–Crippen LogP) is -0.576. The van der Waals surface area contributed by atoms with Crippen LogP contribution < -0.4 is 16.4 Å². The topological polar surface area (TPSA) is 78.0 Å². The molecule has 4 N–H and O–H groups in total. The SMILES string of the molecule is CC1=NN(C2N=C(N)NC(CCl)N2)CC1. The summed E-state index contributed by atoms with van der Waals surface area (Å²) in [5.41, 5.74) is 6.78. The van der Waals surface area contributed by atoms with Gasteiger partial charge in [0.1, 0.15) is 0 Å². The third-order valence-electron chi connectivity index (χ3n) is 2.37. The fourth-order valence-electron chi connectivity index (χ4n) is 1.61. The van der Waals surface area contributed by atoms with E-state index in [4.69, 9.17) is 17.3 Å². The van der Waals surface area contributed by atoms with Gasteiger partial charge in [0, 0.05) is 18.7 Å². The normalized spacial score (nSPS) is 30.9. The number of hydrazone groups is 1. The maximum Gasteiger partial charge on any atom is 0.196 e. The fourth-order valence-corrected chi connectivity index (χ4v) is 1.78. The number of guanidine groups is 1. The molecule has 0 radical (unpaired) electrons. The maximum absolute atomic E-state index is 5.76. The number of nitrogens with zero attached hydrogens (tertiary/aromatic N) is 3. The molecule has 2 rings (SSSR count). The van der Waals surface area contributed by atoms with Crippen molar-refractivity contribution in [3.63, 3.8) is 0 Å². The number of rotatable bonds is 2. The zero-order valence-corrected chi connectivity index (χ0v) is 9.33. The average molecular weight is 231 g/mol. The van der Waals surface area contributed by atoms with E-state index in [0.29, 0.717) is 11.8 Å². The van der Waals surface area contributed by atoms with Gasteiger partial charge < -0.3 is 11.1 Å². The van der Waals surface area contributed by atoms with E-state index in [1.165, 1.54) is 0 Å². The molecule has 2 aliphatic heterocycles. The summed E-state index contributed by atoms with van der Waals surface area (Å²) < 4.78 is 0. The van der Waals surface area contributed by atoms with Crippen molar-refractivity contribution in [3.8, 4) is 0 Å². The van der Waals surface area contributed by atoms with Crippen molar-refractivity contribution in [3.05, 3.63) is 0 Å². The van der Waals surface area contributed by atoms with Crippen molar-refractivity contribution in [1.82, 2.24) is 15.6 Å². The van der Waals surface area contributed by atoms with Gasteiger partial charge >= 0.3 is 0 Å². The van der Waals surface area contributed by atoms with Crippen LogP contribution in [0.3, 0.4) is 0 Å². The summed E-state index contributed by atoms with van der Waals surface area (Å²) in [6, 6.07) is 0.